The van der Waals surface area contributed by atoms with E-state index in [9.17, 15) is 39.6 Å². The second kappa shape index (κ2) is 6.65. The molecule has 5 nitrogen and oxygen atoms in total. The van der Waals surface area contributed by atoms with Crippen molar-refractivity contribution in [2.24, 2.45) is 0 Å². The van der Waals surface area contributed by atoms with Crippen LogP contribution < -0.4 is 9.62 Å². The summed E-state index contributed by atoms with van der Waals surface area (Å²) in [5.74, 6) is -0.282. The van der Waals surface area contributed by atoms with Gasteiger partial charge in [0.05, 0.1) is 28.1 Å². The van der Waals surface area contributed by atoms with Crippen LogP contribution in [-0.2, 0) is 33.6 Å². The summed E-state index contributed by atoms with van der Waals surface area (Å²) in [6, 6.07) is 4.04. The smallest absolute Gasteiger partial charge is 0.315 e. The van der Waals surface area contributed by atoms with E-state index >= 15 is 0 Å². The number of fused-ring (bicyclic) bond motifs is 1. The van der Waals surface area contributed by atoms with Crippen molar-refractivity contribution in [3.05, 3.63) is 53.1 Å². The lowest BCUT2D eigenvalue weighted by atomic mass is 10.1. The highest BCUT2D eigenvalue weighted by Gasteiger charge is 2.37. The molecule has 1 N–H and O–H groups in total. The first-order chi connectivity index (χ1) is 13.2. The molecule has 1 aliphatic heterocycles. The highest BCUT2D eigenvalue weighted by atomic mass is 32.2. The average Bonchev–Trinajstić information content (AvgIpc) is 2.86. The summed E-state index contributed by atoms with van der Waals surface area (Å²) < 4.78 is 104. The predicted octanol–water partition coefficient (Wildman–Crippen LogP) is 4.04. The summed E-state index contributed by atoms with van der Waals surface area (Å²) in [7, 11) is -3.02. The van der Waals surface area contributed by atoms with E-state index in [4.69, 9.17) is 0 Å². The maximum absolute atomic E-state index is 12.9. The number of alkyl halides is 6. The molecule has 0 aliphatic carbocycles. The summed E-state index contributed by atoms with van der Waals surface area (Å²) >= 11 is 0. The summed E-state index contributed by atoms with van der Waals surface area (Å²) in [5, 5.41) is 0. The molecular formula is C17H12F6N2O3S. The first-order valence-corrected chi connectivity index (χ1v) is 9.38. The van der Waals surface area contributed by atoms with Crippen LogP contribution in [0.5, 0.6) is 0 Å². The van der Waals surface area contributed by atoms with E-state index in [1.54, 1.807) is 4.72 Å². The Bertz CT molecular complexity index is 1060. The summed E-state index contributed by atoms with van der Waals surface area (Å²) in [5.41, 5.74) is -3.34. The van der Waals surface area contributed by atoms with Crippen molar-refractivity contribution in [2.75, 3.05) is 16.7 Å². The van der Waals surface area contributed by atoms with Crippen molar-refractivity contribution in [3.8, 4) is 0 Å². The molecule has 0 fully saturated rings. The lowest BCUT2D eigenvalue weighted by molar-refractivity contribution is -0.143. The fourth-order valence-corrected chi connectivity index (χ4v) is 3.93. The zero-order chi connectivity index (χ0) is 21.8. The van der Waals surface area contributed by atoms with Crippen LogP contribution in [0.3, 0.4) is 0 Å². The number of amides is 1. The highest BCUT2D eigenvalue weighted by Crippen LogP contribution is 2.38. The number of benzene rings is 2. The van der Waals surface area contributed by atoms with Crippen LogP contribution in [0.25, 0.3) is 0 Å². The van der Waals surface area contributed by atoms with Crippen LogP contribution in [0.1, 0.15) is 16.7 Å². The number of halogens is 6. The van der Waals surface area contributed by atoms with E-state index in [0.29, 0.717) is 11.3 Å². The Balaban J connectivity index is 2.01. The molecule has 2 aromatic carbocycles. The van der Waals surface area contributed by atoms with E-state index in [1.165, 1.54) is 18.0 Å². The van der Waals surface area contributed by atoms with Gasteiger partial charge in [0, 0.05) is 12.7 Å². The van der Waals surface area contributed by atoms with Crippen molar-refractivity contribution >= 4 is 27.3 Å². The third-order valence-corrected chi connectivity index (χ3v) is 5.66. The van der Waals surface area contributed by atoms with Gasteiger partial charge in [-0.05, 0) is 42.0 Å². The molecule has 156 valence electrons. The predicted molar refractivity (Wildman–Crippen MR) is 90.8 cm³/mol. The fraction of sp³-hybridized carbons (Fsp3) is 0.235. The molecule has 1 amide bonds. The van der Waals surface area contributed by atoms with Gasteiger partial charge in [0.1, 0.15) is 0 Å². The number of rotatable bonds is 3. The molecule has 0 spiro atoms. The van der Waals surface area contributed by atoms with E-state index < -0.39 is 44.1 Å². The van der Waals surface area contributed by atoms with Crippen LogP contribution in [0.4, 0.5) is 37.7 Å². The Kier molecular flexibility index (Phi) is 4.80. The number of anilines is 2. The number of hydrogen-bond donors (Lipinski definition) is 1. The number of nitrogens with zero attached hydrogens (tertiary/aromatic N) is 1. The zero-order valence-corrected chi connectivity index (χ0v) is 15.3. The van der Waals surface area contributed by atoms with Gasteiger partial charge in [-0.15, -0.1) is 0 Å². The third kappa shape index (κ3) is 4.16. The Labute approximate surface area is 161 Å². The third-order valence-electron chi connectivity index (χ3n) is 4.28. The van der Waals surface area contributed by atoms with Crippen LogP contribution in [0.2, 0.25) is 0 Å². The second-order valence-electron chi connectivity index (χ2n) is 6.32. The maximum atomic E-state index is 12.9. The van der Waals surface area contributed by atoms with Crippen molar-refractivity contribution in [3.63, 3.8) is 0 Å². The molecule has 0 saturated heterocycles. The maximum Gasteiger partial charge on any atom is 0.416 e. The van der Waals surface area contributed by atoms with Crippen LogP contribution >= 0.6 is 0 Å². The largest absolute Gasteiger partial charge is 0.416 e. The van der Waals surface area contributed by atoms with Crippen molar-refractivity contribution < 1.29 is 39.6 Å². The number of nitrogens with one attached hydrogen (secondary N) is 1. The lowest BCUT2D eigenvalue weighted by Gasteiger charge is -2.16. The second-order valence-corrected chi connectivity index (χ2v) is 8.00. The molecule has 0 atom stereocenters. The van der Waals surface area contributed by atoms with Gasteiger partial charge in [-0.3, -0.25) is 9.52 Å². The Morgan fingerprint density at radius 2 is 1.48 bits per heavy atom. The van der Waals surface area contributed by atoms with Crippen LogP contribution in [0.15, 0.2) is 41.3 Å². The van der Waals surface area contributed by atoms with Gasteiger partial charge in [-0.1, -0.05) is 0 Å². The zero-order valence-electron chi connectivity index (χ0n) is 14.5. The van der Waals surface area contributed by atoms with E-state index in [1.807, 2.05) is 0 Å². The summed E-state index contributed by atoms with van der Waals surface area (Å²) in [6.45, 7) is 0. The van der Waals surface area contributed by atoms with Gasteiger partial charge >= 0.3 is 12.4 Å². The molecule has 0 bridgehead atoms. The number of carbonyl (C=O) groups is 1. The summed E-state index contributed by atoms with van der Waals surface area (Å²) in [4.78, 5) is 12.6. The van der Waals surface area contributed by atoms with Gasteiger partial charge in [-0.25, -0.2) is 8.42 Å². The molecule has 1 aliphatic rings. The number of sulfonamides is 1. The Morgan fingerprint density at radius 1 is 0.931 bits per heavy atom. The molecule has 0 unspecified atom stereocenters. The van der Waals surface area contributed by atoms with Gasteiger partial charge < -0.3 is 4.90 Å². The molecule has 0 aromatic heterocycles. The summed E-state index contributed by atoms with van der Waals surface area (Å²) in [6.07, 6.45) is -10.3. The standard InChI is InChI=1S/C17H12F6N2O3S/c1-25-14-3-2-13(4-9(14)5-15(25)26)29(27,28)24-12-7-10(16(18,19)20)6-11(8-12)17(21,22)23/h2-4,6-8,24H,5H2,1H3. The average molecular weight is 438 g/mol. The minimum Gasteiger partial charge on any atom is -0.315 e. The molecule has 0 radical (unpaired) electrons. The first kappa shape index (κ1) is 21.0. The molecule has 12 heteroatoms. The van der Waals surface area contributed by atoms with Gasteiger partial charge in [0.2, 0.25) is 5.91 Å². The monoisotopic (exact) mass is 438 g/mol. The van der Waals surface area contributed by atoms with Crippen molar-refractivity contribution in [1.29, 1.82) is 0 Å². The molecule has 1 heterocycles. The minimum atomic E-state index is -5.11. The number of carbonyl (C=O) groups excluding carboxylic acids is 1. The highest BCUT2D eigenvalue weighted by molar-refractivity contribution is 7.92. The van der Waals surface area contributed by atoms with Crippen molar-refractivity contribution in [2.45, 2.75) is 23.7 Å². The van der Waals surface area contributed by atoms with E-state index in [-0.39, 0.29) is 30.5 Å². The van der Waals surface area contributed by atoms with E-state index in [0.717, 1.165) is 12.1 Å². The number of likely N-dealkylation sites (N-methyl/N-ethyl adjacent to an activating group) is 1. The van der Waals surface area contributed by atoms with Crippen molar-refractivity contribution in [1.82, 2.24) is 0 Å². The SMILES string of the molecule is CN1C(=O)Cc2cc(S(=O)(=O)Nc3cc(C(F)(F)F)cc(C(F)(F)F)c3)ccc21. The minimum absolute atomic E-state index is 0.0724. The number of hydrogen-bond acceptors (Lipinski definition) is 3. The molecule has 29 heavy (non-hydrogen) atoms. The first-order valence-electron chi connectivity index (χ1n) is 7.90. The molecule has 0 saturated carbocycles. The molecule has 2 aromatic rings. The molecule has 3 rings (SSSR count). The van der Waals surface area contributed by atoms with Gasteiger partial charge in [-0.2, -0.15) is 26.3 Å². The molecular weight excluding hydrogens is 426 g/mol. The topological polar surface area (TPSA) is 66.5 Å². The fourth-order valence-electron chi connectivity index (χ4n) is 2.84. The van der Waals surface area contributed by atoms with Crippen LogP contribution in [0, 0.1) is 0 Å². The van der Waals surface area contributed by atoms with Gasteiger partial charge in [0.25, 0.3) is 10.0 Å². The Morgan fingerprint density at radius 3 is 2.00 bits per heavy atom. The quantitative estimate of drug-likeness (QED) is 0.736. The van der Waals surface area contributed by atoms with Crippen LogP contribution in [-0.4, -0.2) is 21.4 Å². The Hall–Kier alpha value is -2.76. The van der Waals surface area contributed by atoms with E-state index in [2.05, 4.69) is 0 Å². The lowest BCUT2D eigenvalue weighted by Crippen LogP contribution is -2.20. The normalized spacial score (nSPS) is 14.9. The van der Waals surface area contributed by atoms with Gasteiger partial charge in [0.15, 0.2) is 0 Å².